The normalized spacial score (nSPS) is 20.9. The minimum atomic E-state index is -3.82. The molecule has 0 saturated heterocycles. The molecule has 0 saturated carbocycles. The van der Waals surface area contributed by atoms with Crippen molar-refractivity contribution in [3.63, 3.8) is 0 Å². The van der Waals surface area contributed by atoms with Crippen LogP contribution in [-0.4, -0.2) is 14.4 Å². The number of carbonyl (C=O) groups is 1. The Morgan fingerprint density at radius 3 is 2.31 bits per heavy atom. The van der Waals surface area contributed by atoms with Gasteiger partial charge in [-0.1, -0.05) is 49.4 Å². The van der Waals surface area contributed by atoms with Gasteiger partial charge in [0.15, 0.2) is 5.60 Å². The van der Waals surface area contributed by atoms with Crippen LogP contribution < -0.4 is 15.7 Å². The van der Waals surface area contributed by atoms with Gasteiger partial charge in [-0.15, -0.1) is 0 Å². The third kappa shape index (κ3) is 2.98. The zero-order valence-corrected chi connectivity index (χ0v) is 14.7. The highest BCUT2D eigenvalue weighted by molar-refractivity contribution is 7.89. The van der Waals surface area contributed by atoms with E-state index in [-0.39, 0.29) is 4.90 Å². The minimum Gasteiger partial charge on any atom is -0.550 e. The first kappa shape index (κ1) is 18.1. The molecule has 3 N–H and O–H groups in total. The molecule has 0 amide bonds. The fourth-order valence-corrected chi connectivity index (χ4v) is 3.62. The van der Waals surface area contributed by atoms with Gasteiger partial charge >= 0.3 is 0 Å². The Hall–Kier alpha value is -2.68. The summed E-state index contributed by atoms with van der Waals surface area (Å²) in [6.07, 6.45) is 1.55. The van der Waals surface area contributed by atoms with Crippen LogP contribution in [-0.2, 0) is 25.3 Å². The summed E-state index contributed by atoms with van der Waals surface area (Å²) >= 11 is 0. The van der Waals surface area contributed by atoms with E-state index in [4.69, 9.17) is 9.98 Å². The van der Waals surface area contributed by atoms with Crippen molar-refractivity contribution >= 4 is 21.6 Å². The molecule has 1 aliphatic rings. The highest BCUT2D eigenvalue weighted by Gasteiger charge is 2.47. The first-order valence-corrected chi connectivity index (χ1v) is 9.35. The van der Waals surface area contributed by atoms with E-state index in [1.165, 1.54) is 19.1 Å². The van der Waals surface area contributed by atoms with E-state index in [9.17, 15) is 18.3 Å². The van der Waals surface area contributed by atoms with E-state index in [1.54, 1.807) is 42.6 Å². The second kappa shape index (κ2) is 6.56. The SMILES string of the molecule is CC(C(=O)[O-])C1(c2ccccc2)ONC=C1c1ccc(S(N)(=O)=O)cc1. The van der Waals surface area contributed by atoms with Crippen LogP contribution in [0.4, 0.5) is 0 Å². The topological polar surface area (TPSA) is 122 Å². The predicted molar refractivity (Wildman–Crippen MR) is 92.3 cm³/mol. The summed E-state index contributed by atoms with van der Waals surface area (Å²) in [5.41, 5.74) is 3.08. The third-order valence-electron chi connectivity index (χ3n) is 4.48. The number of hydrogen-bond acceptors (Lipinski definition) is 6. The number of aliphatic carboxylic acids is 1. The lowest BCUT2D eigenvalue weighted by molar-refractivity contribution is -0.317. The van der Waals surface area contributed by atoms with E-state index in [2.05, 4.69) is 5.48 Å². The van der Waals surface area contributed by atoms with Gasteiger partial charge in [-0.25, -0.2) is 13.6 Å². The summed E-state index contributed by atoms with van der Waals surface area (Å²) in [5, 5.41) is 16.8. The Labute approximate surface area is 151 Å². The monoisotopic (exact) mass is 373 g/mol. The number of nitrogens with two attached hydrogens (primary N) is 1. The first-order valence-electron chi connectivity index (χ1n) is 7.80. The van der Waals surface area contributed by atoms with Gasteiger partial charge in [0.25, 0.3) is 0 Å². The van der Waals surface area contributed by atoms with Gasteiger partial charge in [-0.3, -0.25) is 10.3 Å². The van der Waals surface area contributed by atoms with Crippen molar-refractivity contribution in [3.05, 3.63) is 71.9 Å². The zero-order valence-electron chi connectivity index (χ0n) is 13.9. The van der Waals surface area contributed by atoms with Crippen molar-refractivity contribution in [1.82, 2.24) is 5.48 Å². The van der Waals surface area contributed by atoms with E-state index < -0.39 is 27.5 Å². The van der Waals surface area contributed by atoms with Gasteiger partial charge in [-0.05, 0) is 23.3 Å². The summed E-state index contributed by atoms with van der Waals surface area (Å²) in [6, 6.07) is 14.7. The lowest BCUT2D eigenvalue weighted by Crippen LogP contribution is -2.46. The lowest BCUT2D eigenvalue weighted by atomic mass is 9.75. The lowest BCUT2D eigenvalue weighted by Gasteiger charge is -2.37. The molecule has 1 aliphatic heterocycles. The van der Waals surface area contributed by atoms with Crippen LogP contribution in [0, 0.1) is 5.92 Å². The number of hydrogen-bond donors (Lipinski definition) is 2. The van der Waals surface area contributed by atoms with E-state index in [0.717, 1.165) is 0 Å². The minimum absolute atomic E-state index is 0.0352. The van der Waals surface area contributed by atoms with Crippen LogP contribution in [0.15, 0.2) is 65.7 Å². The Kier molecular flexibility index (Phi) is 4.57. The number of hydroxylamine groups is 1. The van der Waals surface area contributed by atoms with Gasteiger partial charge in [0.05, 0.1) is 4.90 Å². The van der Waals surface area contributed by atoms with Crippen molar-refractivity contribution in [1.29, 1.82) is 0 Å². The molecule has 2 unspecified atom stereocenters. The van der Waals surface area contributed by atoms with Crippen molar-refractivity contribution < 1.29 is 23.2 Å². The quantitative estimate of drug-likeness (QED) is 0.787. The maximum atomic E-state index is 11.7. The molecule has 7 nitrogen and oxygen atoms in total. The molecule has 0 bridgehead atoms. The summed E-state index contributed by atoms with van der Waals surface area (Å²) in [6.45, 7) is 1.50. The Morgan fingerprint density at radius 2 is 1.77 bits per heavy atom. The Balaban J connectivity index is 2.14. The molecule has 0 spiro atoms. The summed E-state index contributed by atoms with van der Waals surface area (Å²) < 4.78 is 22.9. The number of primary sulfonamides is 1. The van der Waals surface area contributed by atoms with Gasteiger partial charge in [0.2, 0.25) is 10.0 Å². The van der Waals surface area contributed by atoms with Gasteiger partial charge in [-0.2, -0.15) is 0 Å². The van der Waals surface area contributed by atoms with Crippen LogP contribution in [0.5, 0.6) is 0 Å². The Morgan fingerprint density at radius 1 is 1.15 bits per heavy atom. The maximum Gasteiger partial charge on any atom is 0.238 e. The van der Waals surface area contributed by atoms with Crippen LogP contribution in [0.25, 0.3) is 5.57 Å². The van der Waals surface area contributed by atoms with Crippen LogP contribution in [0.2, 0.25) is 0 Å². The number of carbonyl (C=O) groups excluding carboxylic acids is 1. The van der Waals surface area contributed by atoms with Crippen LogP contribution >= 0.6 is 0 Å². The third-order valence-corrected chi connectivity index (χ3v) is 5.41. The molecule has 0 radical (unpaired) electrons. The molecule has 8 heteroatoms. The van der Waals surface area contributed by atoms with E-state index in [1.807, 2.05) is 6.07 Å². The smallest absolute Gasteiger partial charge is 0.238 e. The second-order valence-electron chi connectivity index (χ2n) is 5.99. The Bertz CT molecular complexity index is 955. The highest BCUT2D eigenvalue weighted by Crippen LogP contribution is 2.47. The number of carboxylic acids is 1. The maximum absolute atomic E-state index is 11.7. The number of sulfonamides is 1. The summed E-state index contributed by atoms with van der Waals surface area (Å²) in [5.74, 6) is -2.30. The fourth-order valence-electron chi connectivity index (χ4n) is 3.10. The van der Waals surface area contributed by atoms with Gasteiger partial charge < -0.3 is 9.90 Å². The fraction of sp³-hybridized carbons (Fsp3) is 0.167. The number of rotatable bonds is 5. The molecule has 136 valence electrons. The molecule has 26 heavy (non-hydrogen) atoms. The van der Waals surface area contributed by atoms with E-state index >= 15 is 0 Å². The number of benzene rings is 2. The predicted octanol–water partition coefficient (Wildman–Crippen LogP) is 0.491. The molecule has 2 aromatic rings. The molecule has 1 heterocycles. The molecular formula is C18H17N2O5S-. The van der Waals surface area contributed by atoms with Gasteiger partial charge in [0, 0.05) is 23.7 Å². The van der Waals surface area contributed by atoms with Crippen LogP contribution in [0.1, 0.15) is 18.1 Å². The molecule has 0 aromatic heterocycles. The average molecular weight is 373 g/mol. The summed E-state index contributed by atoms with van der Waals surface area (Å²) in [4.78, 5) is 17.4. The highest BCUT2D eigenvalue weighted by atomic mass is 32.2. The van der Waals surface area contributed by atoms with Crippen molar-refractivity contribution in [2.75, 3.05) is 0 Å². The molecule has 3 rings (SSSR count). The molecule has 0 aliphatic carbocycles. The van der Waals surface area contributed by atoms with Gasteiger partial charge in [0.1, 0.15) is 0 Å². The molecule has 2 aromatic carbocycles. The molecular weight excluding hydrogens is 356 g/mol. The first-order chi connectivity index (χ1) is 12.3. The van der Waals surface area contributed by atoms with Crippen LogP contribution in [0.3, 0.4) is 0 Å². The summed E-state index contributed by atoms with van der Waals surface area (Å²) in [7, 11) is -3.82. The number of nitrogens with one attached hydrogen (secondary N) is 1. The van der Waals surface area contributed by atoms with Crippen molar-refractivity contribution in [2.45, 2.75) is 17.4 Å². The number of carboxylic acid groups (broad SMARTS) is 1. The molecule has 0 fully saturated rings. The second-order valence-corrected chi connectivity index (χ2v) is 7.55. The largest absolute Gasteiger partial charge is 0.550 e. The zero-order chi connectivity index (χ0) is 18.9. The average Bonchev–Trinajstić information content (AvgIpc) is 3.07. The van der Waals surface area contributed by atoms with Crippen molar-refractivity contribution in [2.24, 2.45) is 11.1 Å². The standard InChI is InChI=1S/C18H18N2O5S/c1-12(17(21)22)18(14-5-3-2-4-6-14)16(11-20-25-18)13-7-9-15(10-8-13)26(19,23)24/h2-12,20H,1H3,(H,21,22)(H2,19,23,24)/p-1. The van der Waals surface area contributed by atoms with E-state index in [0.29, 0.717) is 16.7 Å². The van der Waals surface area contributed by atoms with Crippen molar-refractivity contribution in [3.8, 4) is 0 Å². The molecule has 2 atom stereocenters.